The fourth-order valence-corrected chi connectivity index (χ4v) is 1.93. The summed E-state index contributed by atoms with van der Waals surface area (Å²) in [7, 11) is 1.92. The van der Waals surface area contributed by atoms with Crippen LogP contribution in [0.2, 0.25) is 0 Å². The number of aromatic nitrogens is 5. The minimum atomic E-state index is 0.297. The first-order valence-corrected chi connectivity index (χ1v) is 5.23. The second-order valence-corrected chi connectivity index (χ2v) is 3.93. The fraction of sp³-hybridized carbons (Fsp3) is 0.300. The Morgan fingerprint density at radius 1 is 1.35 bits per heavy atom. The van der Waals surface area contributed by atoms with Gasteiger partial charge in [-0.15, -0.1) is 0 Å². The van der Waals surface area contributed by atoms with Crippen LogP contribution < -0.4 is 5.73 Å². The van der Waals surface area contributed by atoms with Crippen LogP contribution in [0, 0.1) is 6.92 Å². The molecule has 7 nitrogen and oxygen atoms in total. The fourth-order valence-electron chi connectivity index (χ4n) is 1.93. The largest absolute Gasteiger partial charge is 0.325 e. The summed E-state index contributed by atoms with van der Waals surface area (Å²) in [6.45, 7) is 2.25. The highest BCUT2D eigenvalue weighted by atomic mass is 16.6. The Morgan fingerprint density at radius 2 is 2.18 bits per heavy atom. The van der Waals surface area contributed by atoms with Gasteiger partial charge in [-0.25, -0.2) is 9.61 Å². The summed E-state index contributed by atoms with van der Waals surface area (Å²) >= 11 is 0. The standard InChI is InChI=1S/C10H12N6O/c1-6-4-16-5-8(15(2)10(16)12-6)9-7(3-11)13-17-14-9/h4-5H,3,11H2,1-2H3. The van der Waals surface area contributed by atoms with Gasteiger partial charge in [0.15, 0.2) is 5.69 Å². The molecule has 0 aromatic carbocycles. The van der Waals surface area contributed by atoms with Gasteiger partial charge in [0.1, 0.15) is 5.69 Å². The van der Waals surface area contributed by atoms with Gasteiger partial charge in [-0.05, 0) is 12.1 Å². The van der Waals surface area contributed by atoms with Gasteiger partial charge >= 0.3 is 0 Å². The molecule has 0 unspecified atom stereocenters. The monoisotopic (exact) mass is 232 g/mol. The topological polar surface area (TPSA) is 87.2 Å². The lowest BCUT2D eigenvalue weighted by Gasteiger charge is -1.98. The van der Waals surface area contributed by atoms with Crippen LogP contribution in [0.25, 0.3) is 17.2 Å². The second-order valence-electron chi connectivity index (χ2n) is 3.93. The van der Waals surface area contributed by atoms with Crippen LogP contribution in [0.5, 0.6) is 0 Å². The zero-order valence-electron chi connectivity index (χ0n) is 9.58. The summed E-state index contributed by atoms with van der Waals surface area (Å²) in [5.41, 5.74) is 8.75. The Morgan fingerprint density at radius 3 is 2.88 bits per heavy atom. The van der Waals surface area contributed by atoms with E-state index in [-0.39, 0.29) is 0 Å². The first-order chi connectivity index (χ1) is 8.20. The van der Waals surface area contributed by atoms with Gasteiger partial charge < -0.3 is 10.3 Å². The predicted octanol–water partition coefficient (Wildman–Crippen LogP) is 0.490. The smallest absolute Gasteiger partial charge is 0.214 e. The van der Waals surface area contributed by atoms with Gasteiger partial charge in [0, 0.05) is 26.0 Å². The third-order valence-electron chi connectivity index (χ3n) is 2.75. The van der Waals surface area contributed by atoms with E-state index < -0.39 is 0 Å². The minimum Gasteiger partial charge on any atom is -0.325 e. The van der Waals surface area contributed by atoms with Crippen molar-refractivity contribution in [3.8, 4) is 11.4 Å². The predicted molar refractivity (Wildman–Crippen MR) is 60.1 cm³/mol. The molecule has 3 heterocycles. The molecule has 0 aliphatic carbocycles. The molecule has 0 bridgehead atoms. The zero-order chi connectivity index (χ0) is 12.0. The summed E-state index contributed by atoms with van der Waals surface area (Å²) in [6, 6.07) is 0. The Bertz CT molecular complexity index is 676. The van der Waals surface area contributed by atoms with Crippen LogP contribution >= 0.6 is 0 Å². The number of aryl methyl sites for hydroxylation is 2. The zero-order valence-corrected chi connectivity index (χ0v) is 9.58. The van der Waals surface area contributed by atoms with Crippen molar-refractivity contribution < 1.29 is 4.63 Å². The molecule has 0 aliphatic heterocycles. The van der Waals surface area contributed by atoms with Gasteiger partial charge in [0.25, 0.3) is 0 Å². The van der Waals surface area contributed by atoms with Crippen LogP contribution in [0.15, 0.2) is 17.0 Å². The van der Waals surface area contributed by atoms with E-state index in [1.54, 1.807) is 0 Å². The number of nitrogens with two attached hydrogens (primary N) is 1. The Kier molecular flexibility index (Phi) is 2.02. The molecule has 0 aliphatic rings. The summed E-state index contributed by atoms with van der Waals surface area (Å²) in [5, 5.41) is 7.66. The average Bonchev–Trinajstić information content (AvgIpc) is 2.95. The molecule has 0 saturated heterocycles. The highest BCUT2D eigenvalue weighted by Crippen LogP contribution is 2.22. The average molecular weight is 232 g/mol. The lowest BCUT2D eigenvalue weighted by atomic mass is 10.2. The van der Waals surface area contributed by atoms with E-state index in [9.17, 15) is 0 Å². The second kappa shape index (κ2) is 3.42. The molecule has 3 aromatic heterocycles. The molecule has 0 fully saturated rings. The molecule has 88 valence electrons. The summed E-state index contributed by atoms with van der Waals surface area (Å²) < 4.78 is 8.60. The van der Waals surface area contributed by atoms with Crippen LogP contribution in [-0.2, 0) is 13.6 Å². The third kappa shape index (κ3) is 1.36. The van der Waals surface area contributed by atoms with Gasteiger partial charge in [0.05, 0.1) is 11.4 Å². The number of nitrogens with zero attached hydrogens (tertiary/aromatic N) is 5. The van der Waals surface area contributed by atoms with E-state index in [0.717, 1.165) is 17.2 Å². The van der Waals surface area contributed by atoms with Gasteiger partial charge in [-0.3, -0.25) is 4.40 Å². The molecule has 0 saturated carbocycles. The molecule has 7 heteroatoms. The van der Waals surface area contributed by atoms with E-state index in [0.29, 0.717) is 17.9 Å². The van der Waals surface area contributed by atoms with Crippen LogP contribution in [0.1, 0.15) is 11.4 Å². The van der Waals surface area contributed by atoms with E-state index in [4.69, 9.17) is 10.4 Å². The molecule has 17 heavy (non-hydrogen) atoms. The maximum atomic E-state index is 5.58. The quantitative estimate of drug-likeness (QED) is 0.694. The molecule has 0 spiro atoms. The van der Waals surface area contributed by atoms with Crippen molar-refractivity contribution in [1.82, 2.24) is 24.3 Å². The van der Waals surface area contributed by atoms with Crippen molar-refractivity contribution in [1.29, 1.82) is 0 Å². The van der Waals surface area contributed by atoms with Gasteiger partial charge in [0.2, 0.25) is 5.78 Å². The SMILES string of the molecule is Cc1cn2cc(-c3nonc3CN)n(C)c2n1. The minimum absolute atomic E-state index is 0.297. The summed E-state index contributed by atoms with van der Waals surface area (Å²) in [4.78, 5) is 4.41. The maximum Gasteiger partial charge on any atom is 0.214 e. The summed E-state index contributed by atoms with van der Waals surface area (Å²) in [6.07, 6.45) is 3.89. The van der Waals surface area contributed by atoms with Crippen LogP contribution in [0.4, 0.5) is 0 Å². The molecular weight excluding hydrogens is 220 g/mol. The normalized spacial score (nSPS) is 11.5. The molecule has 0 radical (unpaired) electrons. The van der Waals surface area contributed by atoms with Crippen molar-refractivity contribution in [2.24, 2.45) is 12.8 Å². The Hall–Kier alpha value is -2.15. The number of imidazole rings is 2. The molecule has 3 aromatic rings. The first-order valence-electron chi connectivity index (χ1n) is 5.23. The first kappa shape index (κ1) is 10.0. The highest BCUT2D eigenvalue weighted by Gasteiger charge is 2.17. The van der Waals surface area contributed by atoms with E-state index in [1.165, 1.54) is 0 Å². The van der Waals surface area contributed by atoms with E-state index in [1.807, 2.05) is 35.3 Å². The van der Waals surface area contributed by atoms with Gasteiger partial charge in [-0.2, -0.15) is 0 Å². The van der Waals surface area contributed by atoms with Crippen molar-refractivity contribution in [3.63, 3.8) is 0 Å². The van der Waals surface area contributed by atoms with Crippen LogP contribution in [0.3, 0.4) is 0 Å². The number of hydrogen-bond donors (Lipinski definition) is 1. The van der Waals surface area contributed by atoms with Crippen molar-refractivity contribution in [3.05, 3.63) is 23.8 Å². The van der Waals surface area contributed by atoms with Crippen molar-refractivity contribution in [2.45, 2.75) is 13.5 Å². The highest BCUT2D eigenvalue weighted by molar-refractivity contribution is 5.60. The van der Waals surface area contributed by atoms with Crippen molar-refractivity contribution >= 4 is 5.78 Å². The number of hydrogen-bond acceptors (Lipinski definition) is 5. The Labute approximate surface area is 96.8 Å². The van der Waals surface area contributed by atoms with Crippen LogP contribution in [-0.4, -0.2) is 24.3 Å². The lowest BCUT2D eigenvalue weighted by molar-refractivity contribution is 0.304. The molecule has 0 amide bonds. The van der Waals surface area contributed by atoms with Gasteiger partial charge in [-0.1, -0.05) is 5.16 Å². The molecule has 0 atom stereocenters. The lowest BCUT2D eigenvalue weighted by Crippen LogP contribution is -2.01. The maximum absolute atomic E-state index is 5.58. The van der Waals surface area contributed by atoms with E-state index >= 15 is 0 Å². The molecule has 2 N–H and O–H groups in total. The molecule has 3 rings (SSSR count). The number of rotatable bonds is 2. The number of fused-ring (bicyclic) bond motifs is 1. The van der Waals surface area contributed by atoms with Crippen molar-refractivity contribution in [2.75, 3.05) is 0 Å². The van der Waals surface area contributed by atoms with E-state index in [2.05, 4.69) is 15.3 Å². The Balaban J connectivity index is 2.24. The third-order valence-corrected chi connectivity index (χ3v) is 2.75. The molecular formula is C10H12N6O. The summed E-state index contributed by atoms with van der Waals surface area (Å²) in [5.74, 6) is 0.850.